The molecule has 0 saturated carbocycles. The summed E-state index contributed by atoms with van der Waals surface area (Å²) < 4.78 is 6.66. The van der Waals surface area contributed by atoms with E-state index in [1.807, 2.05) is 18.2 Å². The van der Waals surface area contributed by atoms with Gasteiger partial charge in [-0.05, 0) is 36.6 Å². The number of anilines is 1. The van der Waals surface area contributed by atoms with Crippen LogP contribution in [0.5, 0.6) is 5.75 Å². The summed E-state index contributed by atoms with van der Waals surface area (Å²) >= 11 is 0. The maximum absolute atomic E-state index is 12.9. The normalized spacial score (nSPS) is 13.4. The van der Waals surface area contributed by atoms with E-state index in [4.69, 9.17) is 4.74 Å². The number of carbonyl (C=O) groups excluding carboxylic acids is 1. The largest absolute Gasteiger partial charge is 0.495 e. The van der Waals surface area contributed by atoms with Crippen LogP contribution in [-0.4, -0.2) is 29.3 Å². The average molecular weight is 379 g/mol. The second-order valence-corrected chi connectivity index (χ2v) is 6.81. The Labute approximate surface area is 161 Å². The number of aromatic nitrogens is 2. The lowest BCUT2D eigenvalue weighted by molar-refractivity contribution is -0.119. The summed E-state index contributed by atoms with van der Waals surface area (Å²) in [6.07, 6.45) is 1.87. The maximum Gasteiger partial charge on any atom is 0.273 e. The Balaban J connectivity index is 1.60. The second-order valence-electron chi connectivity index (χ2n) is 6.81. The van der Waals surface area contributed by atoms with Crippen molar-refractivity contribution in [2.75, 3.05) is 18.6 Å². The van der Waals surface area contributed by atoms with Crippen LogP contribution in [0.2, 0.25) is 0 Å². The lowest BCUT2D eigenvalue weighted by Crippen LogP contribution is -2.37. The standard InChI is InChI=1S/C21H21N3O4/c1-28-17-10-4-6-14-7-5-12-23(19(14)17)18(25)11-13-24-21(27)16-9-3-2-8-15(16)20(26)22-24/h2-4,6,8-10H,5,7,11-13H2,1H3,(H,22,26). The molecule has 0 atom stereocenters. The Morgan fingerprint density at radius 3 is 2.68 bits per heavy atom. The van der Waals surface area contributed by atoms with E-state index < -0.39 is 0 Å². The van der Waals surface area contributed by atoms with Crippen molar-refractivity contribution in [1.82, 2.24) is 9.78 Å². The molecule has 0 saturated heterocycles. The van der Waals surface area contributed by atoms with Gasteiger partial charge in [-0.3, -0.25) is 19.5 Å². The summed E-state index contributed by atoms with van der Waals surface area (Å²) in [5, 5.41) is 3.27. The first-order valence-corrected chi connectivity index (χ1v) is 9.28. The smallest absolute Gasteiger partial charge is 0.273 e. The van der Waals surface area contributed by atoms with Crippen LogP contribution < -0.4 is 20.8 Å². The highest BCUT2D eigenvalue weighted by molar-refractivity contribution is 5.96. The SMILES string of the molecule is COc1cccc2c1N(C(=O)CCn1[nH]c(=O)c3ccccc3c1=O)CCC2. The van der Waals surface area contributed by atoms with Gasteiger partial charge in [0.05, 0.1) is 30.1 Å². The molecule has 144 valence electrons. The third-order valence-electron chi connectivity index (χ3n) is 5.13. The molecule has 2 heterocycles. The molecule has 0 aliphatic carbocycles. The molecule has 0 fully saturated rings. The Hall–Kier alpha value is -3.35. The second kappa shape index (κ2) is 7.34. The van der Waals surface area contributed by atoms with Gasteiger partial charge in [0.25, 0.3) is 11.1 Å². The average Bonchev–Trinajstić information content (AvgIpc) is 2.74. The Morgan fingerprint density at radius 2 is 1.89 bits per heavy atom. The van der Waals surface area contributed by atoms with Gasteiger partial charge in [0.1, 0.15) is 5.75 Å². The first kappa shape index (κ1) is 18.0. The van der Waals surface area contributed by atoms with Crippen LogP contribution in [-0.2, 0) is 17.8 Å². The molecule has 28 heavy (non-hydrogen) atoms. The van der Waals surface area contributed by atoms with E-state index in [0.717, 1.165) is 24.1 Å². The first-order chi connectivity index (χ1) is 13.6. The van der Waals surface area contributed by atoms with Gasteiger partial charge < -0.3 is 9.64 Å². The van der Waals surface area contributed by atoms with Gasteiger partial charge in [-0.1, -0.05) is 24.3 Å². The zero-order valence-corrected chi connectivity index (χ0v) is 15.6. The molecular formula is C21H21N3O4. The Morgan fingerprint density at radius 1 is 1.11 bits per heavy atom. The molecular weight excluding hydrogens is 358 g/mol. The Kier molecular flexibility index (Phi) is 4.73. The first-order valence-electron chi connectivity index (χ1n) is 9.28. The van der Waals surface area contributed by atoms with E-state index in [1.165, 1.54) is 4.68 Å². The van der Waals surface area contributed by atoms with Crippen LogP contribution in [0.1, 0.15) is 18.4 Å². The van der Waals surface area contributed by atoms with Gasteiger partial charge in [0.2, 0.25) is 5.91 Å². The number of amides is 1. The highest BCUT2D eigenvalue weighted by Gasteiger charge is 2.25. The lowest BCUT2D eigenvalue weighted by Gasteiger charge is -2.31. The van der Waals surface area contributed by atoms with Crippen molar-refractivity contribution in [3.8, 4) is 5.75 Å². The van der Waals surface area contributed by atoms with Crippen molar-refractivity contribution < 1.29 is 9.53 Å². The summed E-state index contributed by atoms with van der Waals surface area (Å²) in [7, 11) is 1.59. The highest BCUT2D eigenvalue weighted by atomic mass is 16.5. The number of aryl methyl sites for hydroxylation is 2. The summed E-state index contributed by atoms with van der Waals surface area (Å²) in [5.74, 6) is 0.563. The molecule has 0 bridgehead atoms. The number of ether oxygens (including phenoxy) is 1. The highest BCUT2D eigenvalue weighted by Crippen LogP contribution is 2.36. The van der Waals surface area contributed by atoms with E-state index in [2.05, 4.69) is 5.10 Å². The molecule has 4 rings (SSSR count). The molecule has 2 aromatic carbocycles. The zero-order chi connectivity index (χ0) is 19.7. The van der Waals surface area contributed by atoms with Gasteiger partial charge in [0, 0.05) is 13.0 Å². The van der Waals surface area contributed by atoms with Crippen LogP contribution in [0.25, 0.3) is 10.8 Å². The number of para-hydroxylation sites is 1. The molecule has 7 nitrogen and oxygen atoms in total. The predicted molar refractivity (Wildman–Crippen MR) is 107 cm³/mol. The van der Waals surface area contributed by atoms with Crippen LogP contribution >= 0.6 is 0 Å². The minimum Gasteiger partial charge on any atom is -0.495 e. The van der Waals surface area contributed by atoms with Crippen molar-refractivity contribution in [1.29, 1.82) is 0 Å². The number of fused-ring (bicyclic) bond motifs is 2. The van der Waals surface area contributed by atoms with Crippen LogP contribution in [0, 0.1) is 0 Å². The summed E-state index contributed by atoms with van der Waals surface area (Å²) in [4.78, 5) is 39.5. The monoisotopic (exact) mass is 379 g/mol. The number of carbonyl (C=O) groups is 1. The summed E-state index contributed by atoms with van der Waals surface area (Å²) in [6.45, 7) is 0.716. The summed E-state index contributed by atoms with van der Waals surface area (Å²) in [5.41, 5.74) is 1.24. The Bertz CT molecular complexity index is 1150. The molecule has 1 N–H and O–H groups in total. The number of hydrogen-bond acceptors (Lipinski definition) is 4. The van der Waals surface area contributed by atoms with E-state index in [-0.39, 0.29) is 30.0 Å². The predicted octanol–water partition coefficient (Wildman–Crippen LogP) is 2.07. The van der Waals surface area contributed by atoms with E-state index in [0.29, 0.717) is 23.1 Å². The number of nitrogens with one attached hydrogen (secondary N) is 1. The number of aromatic amines is 1. The maximum atomic E-state index is 12.9. The number of benzene rings is 2. The van der Waals surface area contributed by atoms with Crippen molar-refractivity contribution in [2.45, 2.75) is 25.8 Å². The molecule has 1 aliphatic heterocycles. The van der Waals surface area contributed by atoms with E-state index in [1.54, 1.807) is 36.3 Å². The fourth-order valence-electron chi connectivity index (χ4n) is 3.78. The van der Waals surface area contributed by atoms with Gasteiger partial charge in [-0.2, -0.15) is 0 Å². The van der Waals surface area contributed by atoms with Crippen molar-refractivity contribution in [3.05, 3.63) is 68.7 Å². The molecule has 7 heteroatoms. The van der Waals surface area contributed by atoms with Crippen LogP contribution in [0.4, 0.5) is 5.69 Å². The van der Waals surface area contributed by atoms with E-state index in [9.17, 15) is 14.4 Å². The quantitative estimate of drug-likeness (QED) is 0.752. The minimum absolute atomic E-state index is 0.103. The fourth-order valence-corrected chi connectivity index (χ4v) is 3.78. The third-order valence-corrected chi connectivity index (χ3v) is 5.13. The van der Waals surface area contributed by atoms with Gasteiger partial charge >= 0.3 is 0 Å². The molecule has 1 amide bonds. The topological polar surface area (TPSA) is 84.4 Å². The number of H-pyrrole nitrogens is 1. The van der Waals surface area contributed by atoms with Crippen molar-refractivity contribution in [2.24, 2.45) is 0 Å². The number of nitrogens with zero attached hydrogens (tertiary/aromatic N) is 2. The molecule has 0 radical (unpaired) electrons. The van der Waals surface area contributed by atoms with Gasteiger partial charge in [0.15, 0.2) is 0 Å². The number of hydrogen-bond donors (Lipinski definition) is 1. The molecule has 1 aliphatic rings. The van der Waals surface area contributed by atoms with Gasteiger partial charge in [-0.15, -0.1) is 0 Å². The molecule has 3 aromatic rings. The minimum atomic E-state index is -0.340. The fraction of sp³-hybridized carbons (Fsp3) is 0.286. The molecule has 0 spiro atoms. The lowest BCUT2D eigenvalue weighted by atomic mass is 10.0. The molecule has 1 aromatic heterocycles. The van der Waals surface area contributed by atoms with E-state index >= 15 is 0 Å². The molecule has 0 unspecified atom stereocenters. The van der Waals surface area contributed by atoms with Gasteiger partial charge in [-0.25, -0.2) is 4.68 Å². The van der Waals surface area contributed by atoms with Crippen molar-refractivity contribution in [3.63, 3.8) is 0 Å². The van der Waals surface area contributed by atoms with Crippen LogP contribution in [0.3, 0.4) is 0 Å². The zero-order valence-electron chi connectivity index (χ0n) is 15.6. The third kappa shape index (κ3) is 3.09. The van der Waals surface area contributed by atoms with Crippen LogP contribution in [0.15, 0.2) is 52.1 Å². The summed E-state index contributed by atoms with van der Waals surface area (Å²) in [6, 6.07) is 12.4. The number of methoxy groups -OCH3 is 1. The van der Waals surface area contributed by atoms with Crippen molar-refractivity contribution >= 4 is 22.4 Å². The number of rotatable bonds is 4.